The monoisotopic (exact) mass is 248 g/mol. The van der Waals surface area contributed by atoms with Crippen molar-refractivity contribution in [2.75, 3.05) is 0 Å². The van der Waals surface area contributed by atoms with Crippen molar-refractivity contribution in [3.8, 4) is 0 Å². The predicted molar refractivity (Wildman–Crippen MR) is 80.1 cm³/mol. The highest BCUT2D eigenvalue weighted by atomic mass is 16.3. The topological polar surface area (TPSA) is 20.2 Å². The fourth-order valence-corrected chi connectivity index (χ4v) is 2.68. The predicted octanol–water partition coefficient (Wildman–Crippen LogP) is 4.38. The molecule has 2 aromatic rings. The number of hydrogen-bond donors (Lipinski definition) is 1. The van der Waals surface area contributed by atoms with Crippen molar-refractivity contribution in [3.63, 3.8) is 0 Å². The van der Waals surface area contributed by atoms with E-state index in [1.165, 1.54) is 16.7 Å². The van der Waals surface area contributed by atoms with Crippen LogP contribution in [0.4, 0.5) is 0 Å². The third-order valence-electron chi connectivity index (χ3n) is 3.61. The van der Waals surface area contributed by atoms with E-state index in [4.69, 9.17) is 0 Å². The Morgan fingerprint density at radius 2 is 1.84 bits per heavy atom. The van der Waals surface area contributed by atoms with E-state index in [1.54, 1.807) is 0 Å². The molecule has 0 spiro atoms. The highest BCUT2D eigenvalue weighted by Gasteiger charge is 2.15. The molecule has 0 fully saturated rings. The van der Waals surface area contributed by atoms with Crippen LogP contribution in [0.1, 0.15) is 27.8 Å². The van der Waals surface area contributed by atoms with E-state index in [9.17, 15) is 5.11 Å². The summed E-state index contributed by atoms with van der Waals surface area (Å²) < 4.78 is 0. The van der Waals surface area contributed by atoms with E-state index in [2.05, 4.69) is 30.8 Å². The minimum absolute atomic E-state index is 0.353. The summed E-state index contributed by atoms with van der Waals surface area (Å²) in [7, 11) is 0. The number of hydrogen-bond acceptors (Lipinski definition) is 1. The zero-order valence-electron chi connectivity index (χ0n) is 10.8. The molecule has 0 unspecified atom stereocenters. The number of allylic oxidation sites excluding steroid dienone is 1. The summed E-state index contributed by atoms with van der Waals surface area (Å²) in [6.07, 6.45) is 5.47. The van der Waals surface area contributed by atoms with Crippen molar-refractivity contribution in [1.82, 2.24) is 0 Å². The smallest absolute Gasteiger partial charge is 0.123 e. The molecular formula is C18H16O. The first-order valence-electron chi connectivity index (χ1n) is 6.50. The van der Waals surface area contributed by atoms with Crippen molar-refractivity contribution in [2.45, 2.75) is 12.8 Å². The molecule has 1 nitrogen and oxygen atoms in total. The normalized spacial score (nSPS) is 12.9. The van der Waals surface area contributed by atoms with E-state index in [1.807, 2.05) is 30.4 Å². The highest BCUT2D eigenvalue weighted by molar-refractivity contribution is 5.82. The summed E-state index contributed by atoms with van der Waals surface area (Å²) in [4.78, 5) is 0. The van der Waals surface area contributed by atoms with Gasteiger partial charge in [-0.15, -0.1) is 6.58 Å². The van der Waals surface area contributed by atoms with Crippen molar-refractivity contribution in [3.05, 3.63) is 82.9 Å². The van der Waals surface area contributed by atoms with Gasteiger partial charge in [-0.2, -0.15) is 0 Å². The van der Waals surface area contributed by atoms with E-state index in [0.29, 0.717) is 5.76 Å². The van der Waals surface area contributed by atoms with Gasteiger partial charge in [0, 0.05) is 5.56 Å². The molecule has 0 atom stereocenters. The lowest BCUT2D eigenvalue weighted by atomic mass is 9.95. The number of rotatable bonds is 2. The Bertz CT molecular complexity index is 665. The largest absolute Gasteiger partial charge is 0.507 e. The fraction of sp³-hybridized carbons (Fsp3) is 0.111. The number of benzene rings is 2. The molecule has 19 heavy (non-hydrogen) atoms. The van der Waals surface area contributed by atoms with Crippen LogP contribution in [-0.4, -0.2) is 5.11 Å². The maximum absolute atomic E-state index is 10.3. The quantitative estimate of drug-likeness (QED) is 0.782. The van der Waals surface area contributed by atoms with Gasteiger partial charge < -0.3 is 5.11 Å². The average molecular weight is 248 g/mol. The minimum atomic E-state index is 0.353. The van der Waals surface area contributed by atoms with Crippen molar-refractivity contribution < 1.29 is 5.11 Å². The van der Waals surface area contributed by atoms with Gasteiger partial charge in [0.2, 0.25) is 0 Å². The first-order chi connectivity index (χ1) is 9.29. The van der Waals surface area contributed by atoms with E-state index in [-0.39, 0.29) is 0 Å². The molecule has 94 valence electrons. The van der Waals surface area contributed by atoms with Crippen LogP contribution in [0.25, 0.3) is 11.8 Å². The summed E-state index contributed by atoms with van der Waals surface area (Å²) in [5.41, 5.74) is 5.72. The molecule has 0 amide bonds. The van der Waals surface area contributed by atoms with Crippen molar-refractivity contribution in [2.24, 2.45) is 0 Å². The van der Waals surface area contributed by atoms with Crippen LogP contribution in [0.5, 0.6) is 0 Å². The summed E-state index contributed by atoms with van der Waals surface area (Å²) >= 11 is 0. The van der Waals surface area contributed by atoms with Gasteiger partial charge in [-0.3, -0.25) is 0 Å². The fourth-order valence-electron chi connectivity index (χ4n) is 2.68. The van der Waals surface area contributed by atoms with Gasteiger partial charge in [0.1, 0.15) is 5.76 Å². The first-order valence-corrected chi connectivity index (χ1v) is 6.50. The van der Waals surface area contributed by atoms with Crippen LogP contribution in [0, 0.1) is 0 Å². The molecule has 1 aliphatic carbocycles. The second-order valence-corrected chi connectivity index (χ2v) is 4.85. The Labute approximate surface area is 113 Å². The summed E-state index contributed by atoms with van der Waals surface area (Å²) in [5.74, 6) is 0.353. The molecule has 3 rings (SSSR count). The molecule has 0 aromatic heterocycles. The molecule has 1 aliphatic rings. The van der Waals surface area contributed by atoms with Gasteiger partial charge in [0.05, 0.1) is 0 Å². The Morgan fingerprint density at radius 1 is 1.05 bits per heavy atom. The Balaban J connectivity index is 2.21. The second kappa shape index (κ2) is 4.77. The van der Waals surface area contributed by atoms with E-state index < -0.39 is 0 Å². The van der Waals surface area contributed by atoms with Gasteiger partial charge in [-0.1, -0.05) is 48.5 Å². The van der Waals surface area contributed by atoms with Crippen LogP contribution in [0.3, 0.4) is 0 Å². The maximum atomic E-state index is 10.3. The van der Waals surface area contributed by atoms with Crippen LogP contribution in [0.15, 0.2) is 55.1 Å². The molecule has 1 N–H and O–H groups in total. The molecule has 2 aromatic carbocycles. The van der Waals surface area contributed by atoms with Gasteiger partial charge in [0.25, 0.3) is 0 Å². The first kappa shape index (κ1) is 11.8. The zero-order chi connectivity index (χ0) is 13.2. The Hall–Kier alpha value is -2.28. The Kier molecular flexibility index (Phi) is 2.96. The molecule has 0 saturated carbocycles. The van der Waals surface area contributed by atoms with Gasteiger partial charge in [-0.05, 0) is 41.2 Å². The minimum Gasteiger partial charge on any atom is -0.507 e. The maximum Gasteiger partial charge on any atom is 0.123 e. The standard InChI is InChI=1S/C18H16O/c1-2-6-13-8-5-9-15-11-14-7-3-4-10-16(14)18(19)12-17(13)15/h2-5,7-10,12,19H,1,6,11H2. The van der Waals surface area contributed by atoms with Gasteiger partial charge >= 0.3 is 0 Å². The molecular weight excluding hydrogens is 232 g/mol. The van der Waals surface area contributed by atoms with Crippen LogP contribution >= 0.6 is 0 Å². The molecule has 0 radical (unpaired) electrons. The zero-order valence-corrected chi connectivity index (χ0v) is 10.8. The molecule has 0 bridgehead atoms. The number of aliphatic hydroxyl groups is 1. The third kappa shape index (κ3) is 2.08. The Morgan fingerprint density at radius 3 is 2.68 bits per heavy atom. The molecule has 0 heterocycles. The van der Waals surface area contributed by atoms with Crippen LogP contribution < -0.4 is 0 Å². The summed E-state index contributed by atoms with van der Waals surface area (Å²) in [6, 6.07) is 14.3. The van der Waals surface area contributed by atoms with E-state index >= 15 is 0 Å². The molecule has 0 saturated heterocycles. The molecule has 1 heteroatoms. The van der Waals surface area contributed by atoms with Crippen molar-refractivity contribution >= 4 is 11.8 Å². The van der Waals surface area contributed by atoms with Crippen LogP contribution in [-0.2, 0) is 12.8 Å². The lowest BCUT2D eigenvalue weighted by Crippen LogP contribution is -1.95. The summed E-state index contributed by atoms with van der Waals surface area (Å²) in [6.45, 7) is 3.80. The second-order valence-electron chi connectivity index (χ2n) is 4.85. The SMILES string of the molecule is C=CCc1cccc2c1C=C(O)c1ccccc1C2. The third-order valence-corrected chi connectivity index (χ3v) is 3.61. The molecule has 0 aliphatic heterocycles. The number of fused-ring (bicyclic) bond motifs is 2. The van der Waals surface area contributed by atoms with Crippen molar-refractivity contribution in [1.29, 1.82) is 0 Å². The average Bonchev–Trinajstić information content (AvgIpc) is 2.56. The lowest BCUT2D eigenvalue weighted by molar-refractivity contribution is 0.515. The number of aliphatic hydroxyl groups excluding tert-OH is 1. The van der Waals surface area contributed by atoms with Gasteiger partial charge in [-0.25, -0.2) is 0 Å². The summed E-state index contributed by atoms with van der Waals surface area (Å²) in [5, 5.41) is 10.3. The van der Waals surface area contributed by atoms with Crippen LogP contribution in [0.2, 0.25) is 0 Å². The lowest BCUT2D eigenvalue weighted by Gasteiger charge is -2.09. The highest BCUT2D eigenvalue weighted by Crippen LogP contribution is 2.30. The van der Waals surface area contributed by atoms with E-state index in [0.717, 1.165) is 24.0 Å². The van der Waals surface area contributed by atoms with Gasteiger partial charge in [0.15, 0.2) is 0 Å².